The molecule has 0 saturated carbocycles. The van der Waals surface area contributed by atoms with Crippen molar-refractivity contribution < 1.29 is 19.8 Å². The zero-order valence-electron chi connectivity index (χ0n) is 10.5. The Labute approximate surface area is 123 Å². The molecule has 2 rings (SSSR count). The number of carbonyl (C=O) groups excluding carboxylic acids is 1. The van der Waals surface area contributed by atoms with Crippen molar-refractivity contribution >= 4 is 44.9 Å². The maximum absolute atomic E-state index is 12.1. The normalized spacial score (nSPS) is 13.9. The Bertz CT molecular complexity index is 667. The summed E-state index contributed by atoms with van der Waals surface area (Å²) in [5.41, 5.74) is 0. The summed E-state index contributed by atoms with van der Waals surface area (Å²) in [6, 6.07) is 5.87. The lowest BCUT2D eigenvalue weighted by atomic mass is 10.2. The van der Waals surface area contributed by atoms with Crippen LogP contribution in [0.5, 0.6) is 0 Å². The van der Waals surface area contributed by atoms with E-state index in [0.717, 1.165) is 10.1 Å². The first-order chi connectivity index (χ1) is 9.41. The van der Waals surface area contributed by atoms with Crippen LogP contribution >= 0.6 is 22.9 Å². The van der Waals surface area contributed by atoms with Crippen LogP contribution in [0.2, 0.25) is 5.02 Å². The van der Waals surface area contributed by atoms with Crippen LogP contribution in [0.3, 0.4) is 0 Å². The van der Waals surface area contributed by atoms with Crippen LogP contribution in [0.4, 0.5) is 0 Å². The van der Waals surface area contributed by atoms with E-state index in [1.807, 2.05) is 12.1 Å². The number of thiophene rings is 1. The summed E-state index contributed by atoms with van der Waals surface area (Å²) in [6.45, 7) is 1.30. The summed E-state index contributed by atoms with van der Waals surface area (Å²) in [5.74, 6) is -1.91. The molecule has 3 N–H and O–H groups in total. The number of halogens is 1. The van der Waals surface area contributed by atoms with Gasteiger partial charge in [-0.1, -0.05) is 29.8 Å². The quantitative estimate of drug-likeness (QED) is 0.807. The summed E-state index contributed by atoms with van der Waals surface area (Å²) in [5, 5.41) is 21.6. The second-order valence-electron chi connectivity index (χ2n) is 4.27. The summed E-state index contributed by atoms with van der Waals surface area (Å²) < 4.78 is 0.839. The third kappa shape index (κ3) is 2.77. The Kier molecular flexibility index (Phi) is 4.27. The van der Waals surface area contributed by atoms with Crippen molar-refractivity contribution in [3.63, 3.8) is 0 Å². The summed E-state index contributed by atoms with van der Waals surface area (Å²) >= 11 is 7.31. The number of carboxylic acids is 1. The van der Waals surface area contributed by atoms with Gasteiger partial charge in [-0.15, -0.1) is 11.3 Å². The molecule has 0 aliphatic rings. The number of aliphatic hydroxyl groups is 1. The molecule has 2 aromatic rings. The van der Waals surface area contributed by atoms with Gasteiger partial charge in [0, 0.05) is 10.1 Å². The van der Waals surface area contributed by atoms with Crippen molar-refractivity contribution in [2.45, 2.75) is 19.1 Å². The van der Waals surface area contributed by atoms with E-state index in [4.69, 9.17) is 16.7 Å². The molecule has 0 spiro atoms. The topological polar surface area (TPSA) is 86.6 Å². The SMILES string of the molecule is C[C@@H](O)[C@@H](NC(=O)c1sc2ccccc2c1Cl)C(=O)O. The highest BCUT2D eigenvalue weighted by atomic mass is 35.5. The zero-order valence-corrected chi connectivity index (χ0v) is 12.0. The molecule has 1 aromatic heterocycles. The fourth-order valence-corrected chi connectivity index (χ4v) is 3.18. The van der Waals surface area contributed by atoms with E-state index in [1.165, 1.54) is 18.3 Å². The van der Waals surface area contributed by atoms with Gasteiger partial charge in [-0.2, -0.15) is 0 Å². The van der Waals surface area contributed by atoms with Crippen molar-refractivity contribution in [1.82, 2.24) is 5.32 Å². The molecule has 0 radical (unpaired) electrons. The second kappa shape index (κ2) is 5.78. The highest BCUT2D eigenvalue weighted by Crippen LogP contribution is 2.35. The number of hydrogen-bond donors (Lipinski definition) is 3. The summed E-state index contributed by atoms with van der Waals surface area (Å²) in [4.78, 5) is 23.3. The smallest absolute Gasteiger partial charge is 0.328 e. The van der Waals surface area contributed by atoms with Crippen LogP contribution in [-0.2, 0) is 4.79 Å². The summed E-state index contributed by atoms with van der Waals surface area (Å²) in [6.07, 6.45) is -1.20. The minimum Gasteiger partial charge on any atom is -0.480 e. The van der Waals surface area contributed by atoms with Crippen LogP contribution in [-0.4, -0.2) is 34.2 Å². The van der Waals surface area contributed by atoms with Crippen molar-refractivity contribution in [3.8, 4) is 0 Å². The predicted octanol–water partition coefficient (Wildman–Crippen LogP) is 2.12. The number of benzene rings is 1. The first-order valence-corrected chi connectivity index (χ1v) is 7.00. The van der Waals surface area contributed by atoms with Gasteiger partial charge in [0.05, 0.1) is 11.1 Å². The van der Waals surface area contributed by atoms with E-state index >= 15 is 0 Å². The Morgan fingerprint density at radius 3 is 2.55 bits per heavy atom. The van der Waals surface area contributed by atoms with E-state index in [0.29, 0.717) is 0 Å². The van der Waals surface area contributed by atoms with Crippen molar-refractivity contribution in [3.05, 3.63) is 34.2 Å². The maximum atomic E-state index is 12.1. The van der Waals surface area contributed by atoms with Crippen LogP contribution in [0.15, 0.2) is 24.3 Å². The minimum atomic E-state index is -1.37. The van der Waals surface area contributed by atoms with Crippen LogP contribution < -0.4 is 5.32 Å². The van der Waals surface area contributed by atoms with Gasteiger partial charge < -0.3 is 15.5 Å². The lowest BCUT2D eigenvalue weighted by Crippen LogP contribution is -2.47. The lowest BCUT2D eigenvalue weighted by Gasteiger charge is -2.16. The Hall–Kier alpha value is -1.63. The molecular formula is C13H12ClNO4S. The van der Waals surface area contributed by atoms with Gasteiger partial charge in [-0.3, -0.25) is 4.79 Å². The average Bonchev–Trinajstić information content (AvgIpc) is 2.73. The second-order valence-corrected chi connectivity index (χ2v) is 5.70. The largest absolute Gasteiger partial charge is 0.480 e. The van der Waals surface area contributed by atoms with E-state index < -0.39 is 24.0 Å². The van der Waals surface area contributed by atoms with Crippen LogP contribution in [0, 0.1) is 0 Å². The molecule has 106 valence electrons. The molecule has 5 nitrogen and oxygen atoms in total. The fourth-order valence-electron chi connectivity index (χ4n) is 1.76. The van der Waals surface area contributed by atoms with Crippen molar-refractivity contribution in [2.75, 3.05) is 0 Å². The molecular weight excluding hydrogens is 302 g/mol. The Balaban J connectivity index is 2.32. The van der Waals surface area contributed by atoms with Gasteiger partial charge in [0.2, 0.25) is 0 Å². The number of fused-ring (bicyclic) bond motifs is 1. The molecule has 1 amide bonds. The number of hydrogen-bond acceptors (Lipinski definition) is 4. The molecule has 0 fully saturated rings. The number of nitrogens with one attached hydrogen (secondary N) is 1. The third-order valence-electron chi connectivity index (χ3n) is 2.78. The molecule has 1 heterocycles. The predicted molar refractivity (Wildman–Crippen MR) is 77.4 cm³/mol. The monoisotopic (exact) mass is 313 g/mol. The van der Waals surface area contributed by atoms with Crippen LogP contribution in [0.25, 0.3) is 10.1 Å². The number of carbonyl (C=O) groups is 2. The number of aliphatic carboxylic acids is 1. The number of rotatable bonds is 4. The van der Waals surface area contributed by atoms with Gasteiger partial charge in [-0.05, 0) is 13.0 Å². The first kappa shape index (κ1) is 14.8. The molecule has 0 saturated heterocycles. The number of aliphatic hydroxyl groups excluding tert-OH is 1. The highest BCUT2D eigenvalue weighted by Gasteiger charge is 2.27. The third-order valence-corrected chi connectivity index (χ3v) is 4.45. The van der Waals surface area contributed by atoms with E-state index in [2.05, 4.69) is 5.32 Å². The molecule has 0 unspecified atom stereocenters. The van der Waals surface area contributed by atoms with Gasteiger partial charge in [0.15, 0.2) is 6.04 Å². The number of carboxylic acid groups (broad SMARTS) is 1. The van der Waals surface area contributed by atoms with E-state index in [9.17, 15) is 14.7 Å². The van der Waals surface area contributed by atoms with Crippen molar-refractivity contribution in [2.24, 2.45) is 0 Å². The fraction of sp³-hybridized carbons (Fsp3) is 0.231. The molecule has 1 aromatic carbocycles. The minimum absolute atomic E-state index is 0.236. The van der Waals surface area contributed by atoms with Gasteiger partial charge in [-0.25, -0.2) is 4.79 Å². The first-order valence-electron chi connectivity index (χ1n) is 5.80. The van der Waals surface area contributed by atoms with E-state index in [-0.39, 0.29) is 9.90 Å². The van der Waals surface area contributed by atoms with E-state index in [1.54, 1.807) is 12.1 Å². The van der Waals surface area contributed by atoms with Crippen molar-refractivity contribution in [1.29, 1.82) is 0 Å². The maximum Gasteiger partial charge on any atom is 0.328 e. The van der Waals surface area contributed by atoms with Crippen LogP contribution in [0.1, 0.15) is 16.6 Å². The number of amides is 1. The molecule has 7 heteroatoms. The Morgan fingerprint density at radius 1 is 1.35 bits per heavy atom. The van der Waals surface area contributed by atoms with Gasteiger partial charge >= 0.3 is 5.97 Å². The molecule has 20 heavy (non-hydrogen) atoms. The zero-order chi connectivity index (χ0) is 14.9. The highest BCUT2D eigenvalue weighted by molar-refractivity contribution is 7.21. The van der Waals surface area contributed by atoms with Gasteiger partial charge in [0.25, 0.3) is 5.91 Å². The molecule has 0 bridgehead atoms. The summed E-state index contributed by atoms with van der Waals surface area (Å²) in [7, 11) is 0. The lowest BCUT2D eigenvalue weighted by molar-refractivity contribution is -0.141. The average molecular weight is 314 g/mol. The molecule has 0 aliphatic heterocycles. The molecule has 2 atom stereocenters. The molecule has 0 aliphatic carbocycles. The van der Waals surface area contributed by atoms with Gasteiger partial charge in [0.1, 0.15) is 4.88 Å². The standard InChI is InChI=1S/C13H12ClNO4S/c1-6(16)10(13(18)19)15-12(17)11-9(14)7-4-2-3-5-8(7)20-11/h2-6,10,16H,1H3,(H,15,17)(H,18,19)/t6-,10-/m1/s1. The Morgan fingerprint density at radius 2 is 2.00 bits per heavy atom.